The summed E-state index contributed by atoms with van der Waals surface area (Å²) in [5, 5.41) is 4.84. The molecule has 2 aromatic heterocycles. The molecule has 0 saturated heterocycles. The zero-order valence-corrected chi connectivity index (χ0v) is 31.8. The second kappa shape index (κ2) is 13.8. The van der Waals surface area contributed by atoms with E-state index < -0.39 is 0 Å². The lowest BCUT2D eigenvalue weighted by Gasteiger charge is -2.27. The largest absolute Gasteiger partial charge is 0.455 e. The first-order chi connectivity index (χ1) is 28.2. The SMILES string of the molecule is c1ccc(-c2ccc(-c3ccc(N(c4ccc(-c5cccc6c5oc5ccccc56)c(-c5ccccc5)c4)c4ccc5c(c4)sc4ccccc45)cc3)cc2)cc1. The van der Waals surface area contributed by atoms with Gasteiger partial charge in [-0.25, -0.2) is 0 Å². The molecule has 3 heteroatoms. The molecule has 0 aliphatic rings. The molecular weight excluding hydrogens is 711 g/mol. The second-order valence-corrected chi connectivity index (χ2v) is 15.6. The maximum Gasteiger partial charge on any atom is 0.143 e. The zero-order valence-electron chi connectivity index (χ0n) is 31.0. The van der Waals surface area contributed by atoms with Gasteiger partial charge in [0.1, 0.15) is 11.2 Å². The molecule has 0 N–H and O–H groups in total. The molecule has 57 heavy (non-hydrogen) atoms. The molecule has 0 saturated carbocycles. The van der Waals surface area contributed by atoms with E-state index in [9.17, 15) is 0 Å². The van der Waals surface area contributed by atoms with Gasteiger partial charge in [-0.3, -0.25) is 0 Å². The zero-order chi connectivity index (χ0) is 37.7. The number of hydrogen-bond donors (Lipinski definition) is 0. The maximum atomic E-state index is 6.58. The van der Waals surface area contributed by atoms with Gasteiger partial charge in [-0.1, -0.05) is 164 Å². The summed E-state index contributed by atoms with van der Waals surface area (Å²) >= 11 is 1.85. The number of fused-ring (bicyclic) bond motifs is 6. The third kappa shape index (κ3) is 5.88. The Balaban J connectivity index is 1.07. The van der Waals surface area contributed by atoms with Gasteiger partial charge in [0.25, 0.3) is 0 Å². The Hall–Kier alpha value is -7.20. The predicted molar refractivity (Wildman–Crippen MR) is 243 cm³/mol. The van der Waals surface area contributed by atoms with Crippen molar-refractivity contribution in [3.63, 3.8) is 0 Å². The predicted octanol–water partition coefficient (Wildman–Crippen LogP) is 16.1. The number of thiophene rings is 1. The molecule has 0 amide bonds. The van der Waals surface area contributed by atoms with Crippen molar-refractivity contribution in [1.29, 1.82) is 0 Å². The summed E-state index contributed by atoms with van der Waals surface area (Å²) in [5.41, 5.74) is 14.4. The van der Waals surface area contributed by atoms with E-state index in [-0.39, 0.29) is 0 Å². The molecule has 0 fully saturated rings. The van der Waals surface area contributed by atoms with Crippen LogP contribution in [0.15, 0.2) is 217 Å². The summed E-state index contributed by atoms with van der Waals surface area (Å²) in [6.45, 7) is 0. The number of rotatable bonds is 7. The highest BCUT2D eigenvalue weighted by molar-refractivity contribution is 7.25. The van der Waals surface area contributed by atoms with Gasteiger partial charge < -0.3 is 9.32 Å². The van der Waals surface area contributed by atoms with Crippen LogP contribution in [0.4, 0.5) is 17.1 Å². The van der Waals surface area contributed by atoms with Crippen molar-refractivity contribution < 1.29 is 4.42 Å². The minimum atomic E-state index is 0.899. The number of para-hydroxylation sites is 2. The molecule has 2 heterocycles. The summed E-state index contributed by atoms with van der Waals surface area (Å²) in [6.07, 6.45) is 0. The van der Waals surface area contributed by atoms with Crippen LogP contribution in [0, 0.1) is 0 Å². The van der Waals surface area contributed by atoms with E-state index in [4.69, 9.17) is 4.42 Å². The summed E-state index contributed by atoms with van der Waals surface area (Å²) in [6, 6.07) is 76.4. The number of anilines is 3. The van der Waals surface area contributed by atoms with Crippen LogP contribution in [0.25, 0.3) is 86.6 Å². The Bertz CT molecular complexity index is 3210. The van der Waals surface area contributed by atoms with Gasteiger partial charge in [-0.05, 0) is 87.5 Å². The second-order valence-electron chi connectivity index (χ2n) is 14.5. The average Bonchev–Trinajstić information content (AvgIpc) is 3.86. The van der Waals surface area contributed by atoms with Crippen LogP contribution < -0.4 is 4.90 Å². The van der Waals surface area contributed by atoms with E-state index in [1.165, 1.54) is 42.4 Å². The molecule has 2 nitrogen and oxygen atoms in total. The highest BCUT2D eigenvalue weighted by atomic mass is 32.1. The van der Waals surface area contributed by atoms with Gasteiger partial charge in [0, 0.05) is 53.6 Å². The Morgan fingerprint density at radius 1 is 0.316 bits per heavy atom. The number of hydrogen-bond acceptors (Lipinski definition) is 3. The molecule has 0 radical (unpaired) electrons. The van der Waals surface area contributed by atoms with Gasteiger partial charge in [-0.2, -0.15) is 0 Å². The van der Waals surface area contributed by atoms with Crippen LogP contribution in [-0.4, -0.2) is 0 Å². The van der Waals surface area contributed by atoms with Crippen molar-refractivity contribution >= 4 is 70.5 Å². The van der Waals surface area contributed by atoms with Crippen LogP contribution in [0.2, 0.25) is 0 Å². The number of benzene rings is 9. The lowest BCUT2D eigenvalue weighted by atomic mass is 9.92. The Morgan fingerprint density at radius 2 is 0.860 bits per heavy atom. The quantitative estimate of drug-likeness (QED) is 0.162. The number of nitrogens with zero attached hydrogens (tertiary/aromatic N) is 1. The molecule has 0 bridgehead atoms. The topological polar surface area (TPSA) is 16.4 Å². The minimum Gasteiger partial charge on any atom is -0.455 e. The fraction of sp³-hybridized carbons (Fsp3) is 0. The maximum absolute atomic E-state index is 6.58. The Morgan fingerprint density at radius 3 is 1.61 bits per heavy atom. The lowest BCUT2D eigenvalue weighted by molar-refractivity contribution is 0.670. The van der Waals surface area contributed by atoms with E-state index in [0.29, 0.717) is 0 Å². The van der Waals surface area contributed by atoms with Crippen molar-refractivity contribution in [2.75, 3.05) is 4.90 Å². The molecular formula is C54H35NOS. The van der Waals surface area contributed by atoms with Gasteiger partial charge in [0.05, 0.1) is 0 Å². The summed E-state index contributed by atoms with van der Waals surface area (Å²) in [5.74, 6) is 0. The molecule has 0 unspecified atom stereocenters. The van der Waals surface area contributed by atoms with E-state index in [1.807, 2.05) is 17.4 Å². The van der Waals surface area contributed by atoms with Crippen molar-refractivity contribution in [2.45, 2.75) is 0 Å². The first-order valence-electron chi connectivity index (χ1n) is 19.3. The highest BCUT2D eigenvalue weighted by Crippen LogP contribution is 2.45. The van der Waals surface area contributed by atoms with E-state index in [1.54, 1.807) is 0 Å². The summed E-state index contributed by atoms with van der Waals surface area (Å²) in [4.78, 5) is 2.39. The van der Waals surface area contributed by atoms with Gasteiger partial charge in [0.15, 0.2) is 0 Å². The van der Waals surface area contributed by atoms with E-state index in [2.05, 4.69) is 211 Å². The van der Waals surface area contributed by atoms with Crippen molar-refractivity contribution in [3.8, 4) is 44.5 Å². The fourth-order valence-electron chi connectivity index (χ4n) is 8.31. The first-order valence-corrected chi connectivity index (χ1v) is 20.1. The standard InChI is InChI=1S/C54H35NOS/c1-3-12-36(13-4-1)37-22-24-38(25-23-37)39-26-28-41(29-27-39)55(43-31-33-47-46-17-8-10-21-52(46)57-53(47)35-43)42-30-32-44(50(34-42)40-14-5-2-6-15-40)48-18-11-19-49-45-16-7-9-20-51(45)56-54(48)49/h1-35H. The van der Waals surface area contributed by atoms with Crippen LogP contribution in [0.3, 0.4) is 0 Å². The normalized spacial score (nSPS) is 11.5. The molecule has 0 atom stereocenters. The molecule has 11 aromatic rings. The van der Waals surface area contributed by atoms with E-state index in [0.717, 1.165) is 61.3 Å². The fourth-order valence-corrected chi connectivity index (χ4v) is 9.45. The average molecular weight is 746 g/mol. The summed E-state index contributed by atoms with van der Waals surface area (Å²) in [7, 11) is 0. The monoisotopic (exact) mass is 745 g/mol. The Kier molecular flexibility index (Phi) is 8.04. The van der Waals surface area contributed by atoms with Gasteiger partial charge >= 0.3 is 0 Å². The molecule has 11 rings (SSSR count). The van der Waals surface area contributed by atoms with Crippen molar-refractivity contribution in [2.24, 2.45) is 0 Å². The van der Waals surface area contributed by atoms with Crippen LogP contribution in [0.5, 0.6) is 0 Å². The molecule has 0 spiro atoms. The van der Waals surface area contributed by atoms with Crippen molar-refractivity contribution in [1.82, 2.24) is 0 Å². The molecule has 268 valence electrons. The minimum absolute atomic E-state index is 0.899. The van der Waals surface area contributed by atoms with Crippen LogP contribution >= 0.6 is 11.3 Å². The lowest BCUT2D eigenvalue weighted by Crippen LogP contribution is -2.10. The molecule has 0 aliphatic heterocycles. The Labute approximate surface area is 335 Å². The third-order valence-corrected chi connectivity index (χ3v) is 12.2. The van der Waals surface area contributed by atoms with E-state index >= 15 is 0 Å². The smallest absolute Gasteiger partial charge is 0.143 e. The van der Waals surface area contributed by atoms with Crippen LogP contribution in [0.1, 0.15) is 0 Å². The summed E-state index contributed by atoms with van der Waals surface area (Å²) < 4.78 is 9.15. The van der Waals surface area contributed by atoms with Crippen molar-refractivity contribution in [3.05, 3.63) is 212 Å². The highest BCUT2D eigenvalue weighted by Gasteiger charge is 2.20. The molecule has 9 aromatic carbocycles. The molecule has 0 aliphatic carbocycles. The number of furan rings is 1. The van der Waals surface area contributed by atoms with Gasteiger partial charge in [0.2, 0.25) is 0 Å². The third-order valence-electron chi connectivity index (χ3n) is 11.1. The van der Waals surface area contributed by atoms with Crippen LogP contribution in [-0.2, 0) is 0 Å². The van der Waals surface area contributed by atoms with Gasteiger partial charge in [-0.15, -0.1) is 11.3 Å². The first kappa shape index (κ1) is 33.2.